The van der Waals surface area contributed by atoms with Gasteiger partial charge < -0.3 is 0 Å². The van der Waals surface area contributed by atoms with Gasteiger partial charge in [-0.1, -0.05) is 31.6 Å². The van der Waals surface area contributed by atoms with E-state index in [0.717, 1.165) is 23.1 Å². The molecule has 0 amide bonds. The molecule has 0 saturated heterocycles. The highest BCUT2D eigenvalue weighted by Crippen LogP contribution is 2.41. The lowest BCUT2D eigenvalue weighted by Crippen LogP contribution is -2.26. The Balaban J connectivity index is 3.28. The smallest absolute Gasteiger partial charge is 0.185 e. The fraction of sp³-hybridized carbons (Fsp3) is 0.533. The van der Waals surface area contributed by atoms with E-state index in [-0.39, 0.29) is 11.2 Å². The monoisotopic (exact) mass is 218 g/mol. The van der Waals surface area contributed by atoms with Crippen LogP contribution in [0.1, 0.15) is 48.0 Å². The summed E-state index contributed by atoms with van der Waals surface area (Å²) in [5.74, 6) is 0.203. The zero-order valence-electron chi connectivity index (χ0n) is 11.3. The van der Waals surface area contributed by atoms with Gasteiger partial charge in [0.2, 0.25) is 0 Å². The molecular weight excluding hydrogens is 196 g/mol. The SMILES string of the molecule is CC=C(C)C(=O)C1=C(C)C=C(C)CC1(C)C. The summed E-state index contributed by atoms with van der Waals surface area (Å²) in [4.78, 5) is 12.3. The van der Waals surface area contributed by atoms with Crippen molar-refractivity contribution in [1.82, 2.24) is 0 Å². The molecule has 88 valence electrons. The van der Waals surface area contributed by atoms with Crippen molar-refractivity contribution < 1.29 is 4.79 Å². The third kappa shape index (κ3) is 2.34. The molecule has 1 aliphatic carbocycles. The number of hydrogen-bond donors (Lipinski definition) is 0. The first kappa shape index (κ1) is 13.0. The van der Waals surface area contributed by atoms with Crippen LogP contribution in [0.5, 0.6) is 0 Å². The lowest BCUT2D eigenvalue weighted by Gasteiger charge is -2.32. The normalized spacial score (nSPS) is 20.9. The Kier molecular flexibility index (Phi) is 3.57. The Bertz CT molecular complexity index is 403. The summed E-state index contributed by atoms with van der Waals surface area (Å²) >= 11 is 0. The minimum atomic E-state index is -0.0374. The third-order valence-electron chi connectivity index (χ3n) is 3.27. The molecule has 0 atom stereocenters. The average molecular weight is 218 g/mol. The first-order chi connectivity index (χ1) is 7.29. The largest absolute Gasteiger partial charge is 0.289 e. The highest BCUT2D eigenvalue weighted by Gasteiger charge is 2.32. The van der Waals surface area contributed by atoms with Gasteiger partial charge in [0, 0.05) is 5.57 Å². The van der Waals surface area contributed by atoms with E-state index in [2.05, 4.69) is 26.8 Å². The zero-order valence-corrected chi connectivity index (χ0v) is 11.3. The first-order valence-corrected chi connectivity index (χ1v) is 5.85. The highest BCUT2D eigenvalue weighted by molar-refractivity contribution is 6.09. The van der Waals surface area contributed by atoms with Crippen molar-refractivity contribution in [2.45, 2.75) is 48.0 Å². The average Bonchev–Trinajstić information content (AvgIpc) is 2.13. The molecule has 0 aromatic rings. The predicted molar refractivity (Wildman–Crippen MR) is 69.3 cm³/mol. The number of rotatable bonds is 2. The summed E-state index contributed by atoms with van der Waals surface area (Å²) in [5.41, 5.74) is 4.27. The van der Waals surface area contributed by atoms with Crippen LogP contribution in [-0.2, 0) is 4.79 Å². The van der Waals surface area contributed by atoms with Crippen LogP contribution >= 0.6 is 0 Å². The van der Waals surface area contributed by atoms with Gasteiger partial charge in [0.05, 0.1) is 0 Å². The maximum absolute atomic E-state index is 12.3. The number of ketones is 1. The summed E-state index contributed by atoms with van der Waals surface area (Å²) in [6.07, 6.45) is 5.01. The second kappa shape index (κ2) is 4.40. The molecule has 0 aromatic heterocycles. The van der Waals surface area contributed by atoms with Crippen molar-refractivity contribution >= 4 is 5.78 Å². The van der Waals surface area contributed by atoms with Gasteiger partial charge in [-0.3, -0.25) is 4.79 Å². The topological polar surface area (TPSA) is 17.1 Å². The Hall–Kier alpha value is -1.11. The molecule has 0 N–H and O–H groups in total. The van der Waals surface area contributed by atoms with Crippen LogP contribution in [0.15, 0.2) is 34.4 Å². The standard InChI is InChI=1S/C15H22O/c1-7-11(3)14(16)13-12(4)8-10(2)9-15(13,5)6/h7-8H,9H2,1-6H3. The van der Waals surface area contributed by atoms with E-state index in [1.807, 2.05) is 26.8 Å². The minimum absolute atomic E-state index is 0.0374. The maximum Gasteiger partial charge on any atom is 0.185 e. The lowest BCUT2D eigenvalue weighted by molar-refractivity contribution is -0.113. The minimum Gasteiger partial charge on any atom is -0.289 e. The second-order valence-corrected chi connectivity index (χ2v) is 5.41. The summed E-state index contributed by atoms with van der Waals surface area (Å²) in [7, 11) is 0. The fourth-order valence-electron chi connectivity index (χ4n) is 2.63. The number of hydrogen-bond acceptors (Lipinski definition) is 1. The fourth-order valence-corrected chi connectivity index (χ4v) is 2.63. The number of carbonyl (C=O) groups is 1. The van der Waals surface area contributed by atoms with Crippen LogP contribution in [0.2, 0.25) is 0 Å². The molecule has 16 heavy (non-hydrogen) atoms. The van der Waals surface area contributed by atoms with E-state index in [9.17, 15) is 4.79 Å². The molecule has 0 bridgehead atoms. The lowest BCUT2D eigenvalue weighted by atomic mass is 9.70. The van der Waals surface area contributed by atoms with Gasteiger partial charge in [0.15, 0.2) is 5.78 Å². The maximum atomic E-state index is 12.3. The van der Waals surface area contributed by atoms with Gasteiger partial charge in [-0.15, -0.1) is 0 Å². The van der Waals surface area contributed by atoms with Crippen molar-refractivity contribution in [3.05, 3.63) is 34.4 Å². The van der Waals surface area contributed by atoms with Crippen LogP contribution in [0.4, 0.5) is 0 Å². The molecule has 1 aliphatic rings. The van der Waals surface area contributed by atoms with E-state index in [0.29, 0.717) is 0 Å². The quantitative estimate of drug-likeness (QED) is 0.634. The molecule has 0 fully saturated rings. The Labute approximate surface area is 98.9 Å². The summed E-state index contributed by atoms with van der Waals surface area (Å²) < 4.78 is 0. The van der Waals surface area contributed by atoms with Crippen LogP contribution < -0.4 is 0 Å². The number of carbonyl (C=O) groups excluding carboxylic acids is 1. The second-order valence-electron chi connectivity index (χ2n) is 5.41. The molecule has 0 aliphatic heterocycles. The molecule has 1 heteroatoms. The van der Waals surface area contributed by atoms with E-state index in [4.69, 9.17) is 0 Å². The molecule has 0 heterocycles. The molecule has 0 spiro atoms. The van der Waals surface area contributed by atoms with Crippen LogP contribution in [0, 0.1) is 5.41 Å². The van der Waals surface area contributed by atoms with Gasteiger partial charge in [0.25, 0.3) is 0 Å². The Morgan fingerprint density at radius 1 is 1.38 bits per heavy atom. The van der Waals surface area contributed by atoms with Crippen LogP contribution in [0.3, 0.4) is 0 Å². The van der Waals surface area contributed by atoms with Gasteiger partial charge in [-0.05, 0) is 50.7 Å². The predicted octanol–water partition coefficient (Wildman–Crippen LogP) is 4.21. The Morgan fingerprint density at radius 3 is 2.38 bits per heavy atom. The van der Waals surface area contributed by atoms with Gasteiger partial charge in [0.1, 0.15) is 0 Å². The molecular formula is C15H22O. The van der Waals surface area contributed by atoms with E-state index >= 15 is 0 Å². The molecule has 0 aromatic carbocycles. The van der Waals surface area contributed by atoms with Crippen molar-refractivity contribution in [3.8, 4) is 0 Å². The van der Waals surface area contributed by atoms with Crippen molar-refractivity contribution in [3.63, 3.8) is 0 Å². The van der Waals surface area contributed by atoms with Gasteiger partial charge in [-0.2, -0.15) is 0 Å². The van der Waals surface area contributed by atoms with Crippen LogP contribution in [-0.4, -0.2) is 5.78 Å². The zero-order chi connectivity index (χ0) is 12.5. The van der Waals surface area contributed by atoms with E-state index < -0.39 is 0 Å². The molecule has 0 saturated carbocycles. The summed E-state index contributed by atoms with van der Waals surface area (Å²) in [6, 6.07) is 0. The van der Waals surface area contributed by atoms with E-state index in [1.54, 1.807) is 0 Å². The number of allylic oxidation sites excluding steroid dienone is 6. The first-order valence-electron chi connectivity index (χ1n) is 5.85. The van der Waals surface area contributed by atoms with Gasteiger partial charge >= 0.3 is 0 Å². The molecule has 0 radical (unpaired) electrons. The van der Waals surface area contributed by atoms with Gasteiger partial charge in [-0.25, -0.2) is 0 Å². The number of Topliss-reactive ketones (excluding diaryl/α,β-unsaturated/α-hetero) is 1. The van der Waals surface area contributed by atoms with Crippen molar-refractivity contribution in [2.24, 2.45) is 5.41 Å². The molecule has 1 nitrogen and oxygen atoms in total. The van der Waals surface area contributed by atoms with Crippen LogP contribution in [0.25, 0.3) is 0 Å². The van der Waals surface area contributed by atoms with E-state index in [1.165, 1.54) is 5.57 Å². The molecule has 1 rings (SSSR count). The third-order valence-corrected chi connectivity index (χ3v) is 3.27. The Morgan fingerprint density at radius 2 is 1.94 bits per heavy atom. The highest BCUT2D eigenvalue weighted by atomic mass is 16.1. The summed E-state index contributed by atoms with van der Waals surface area (Å²) in [5, 5.41) is 0. The molecule has 0 unspecified atom stereocenters. The summed E-state index contributed by atoms with van der Waals surface area (Å²) in [6.45, 7) is 12.3. The van der Waals surface area contributed by atoms with Crippen molar-refractivity contribution in [2.75, 3.05) is 0 Å². The van der Waals surface area contributed by atoms with Crippen molar-refractivity contribution in [1.29, 1.82) is 0 Å².